The van der Waals surface area contributed by atoms with Crippen molar-refractivity contribution in [3.63, 3.8) is 0 Å². The van der Waals surface area contributed by atoms with Crippen LogP contribution >= 0.6 is 23.2 Å². The third-order valence-electron chi connectivity index (χ3n) is 8.27. The van der Waals surface area contributed by atoms with Gasteiger partial charge in [0.25, 0.3) is 11.8 Å². The van der Waals surface area contributed by atoms with E-state index < -0.39 is 52.9 Å². The van der Waals surface area contributed by atoms with Gasteiger partial charge in [-0.25, -0.2) is 8.78 Å². The van der Waals surface area contributed by atoms with Crippen molar-refractivity contribution in [2.45, 2.75) is 37.0 Å². The average molecular weight is 591 g/mol. The molecule has 1 spiro atoms. The zero-order valence-corrected chi connectivity index (χ0v) is 22.0. The summed E-state index contributed by atoms with van der Waals surface area (Å²) < 4.78 is 68.5. The fourth-order valence-corrected chi connectivity index (χ4v) is 6.19. The maximum Gasteiger partial charge on any atom is 0.349 e. The Morgan fingerprint density at radius 3 is 2.31 bits per heavy atom. The summed E-state index contributed by atoms with van der Waals surface area (Å²) in [6.07, 6.45) is 0.647. The summed E-state index contributed by atoms with van der Waals surface area (Å²) in [5, 5.41) is 7.58. The van der Waals surface area contributed by atoms with Gasteiger partial charge in [-0.1, -0.05) is 29.3 Å². The van der Waals surface area contributed by atoms with E-state index in [1.165, 1.54) is 11.0 Å². The smallest absolute Gasteiger partial charge is 0.349 e. The van der Waals surface area contributed by atoms with Crippen LogP contribution in [0.3, 0.4) is 0 Å². The van der Waals surface area contributed by atoms with Crippen molar-refractivity contribution >= 4 is 35.0 Å². The van der Waals surface area contributed by atoms with Crippen molar-refractivity contribution in [3.8, 4) is 0 Å². The molecule has 2 atom stereocenters. The molecule has 2 aromatic rings. The maximum absolute atomic E-state index is 15.3. The highest BCUT2D eigenvalue weighted by molar-refractivity contribution is 6.42. The van der Waals surface area contributed by atoms with Crippen molar-refractivity contribution in [1.29, 1.82) is 0 Å². The molecule has 4 heterocycles. The van der Waals surface area contributed by atoms with E-state index in [9.17, 15) is 18.4 Å². The largest absolute Gasteiger partial charge is 0.419 e. The van der Waals surface area contributed by atoms with Crippen molar-refractivity contribution < 1.29 is 36.3 Å². The van der Waals surface area contributed by atoms with Crippen LogP contribution in [0.1, 0.15) is 42.5 Å². The van der Waals surface area contributed by atoms with Gasteiger partial charge in [0.1, 0.15) is 5.92 Å². The van der Waals surface area contributed by atoms with E-state index in [1.54, 1.807) is 4.90 Å². The van der Waals surface area contributed by atoms with Gasteiger partial charge in [0.05, 0.1) is 16.0 Å². The topological polar surface area (TPSA) is 88.8 Å². The zero-order valence-electron chi connectivity index (χ0n) is 20.5. The molecule has 8 nitrogen and oxygen atoms in total. The van der Waals surface area contributed by atoms with Gasteiger partial charge < -0.3 is 19.0 Å². The number of nitrogens with zero attached hydrogens (tertiary/aromatic N) is 4. The Morgan fingerprint density at radius 1 is 1.00 bits per heavy atom. The minimum absolute atomic E-state index is 0.0638. The second-order valence-electron chi connectivity index (χ2n) is 10.9. The fourth-order valence-electron chi connectivity index (χ4n) is 5.89. The average Bonchev–Trinajstić information content (AvgIpc) is 3.24. The van der Waals surface area contributed by atoms with Gasteiger partial charge >= 0.3 is 5.92 Å². The summed E-state index contributed by atoms with van der Waals surface area (Å²) in [6, 6.07) is 3.36. The Hall–Kier alpha value is -2.44. The van der Waals surface area contributed by atoms with Crippen molar-refractivity contribution in [2.75, 3.05) is 39.4 Å². The van der Waals surface area contributed by atoms with Crippen LogP contribution in [0.4, 0.5) is 17.6 Å². The maximum atomic E-state index is 15.3. The third-order valence-corrected chi connectivity index (χ3v) is 9.01. The number of carbonyl (C=O) groups is 2. The summed E-state index contributed by atoms with van der Waals surface area (Å²) in [5.74, 6) is -10.7. The number of hydrogen-bond donors (Lipinski definition) is 0. The number of rotatable bonds is 5. The van der Waals surface area contributed by atoms with E-state index in [0.29, 0.717) is 26.1 Å². The number of hydrogen-bond acceptors (Lipinski definition) is 6. The van der Waals surface area contributed by atoms with E-state index in [0.717, 1.165) is 12.1 Å². The Balaban J connectivity index is 1.26. The van der Waals surface area contributed by atoms with Gasteiger partial charge in [-0.05, 0) is 25.0 Å². The molecule has 2 amide bonds. The van der Waals surface area contributed by atoms with Gasteiger partial charge in [-0.15, -0.1) is 10.2 Å². The molecule has 4 fully saturated rings. The van der Waals surface area contributed by atoms with Crippen molar-refractivity contribution in [1.82, 2.24) is 20.0 Å². The summed E-state index contributed by atoms with van der Waals surface area (Å²) in [5.41, 5.74) is -1.26. The molecule has 14 heteroatoms. The van der Waals surface area contributed by atoms with E-state index in [1.807, 2.05) is 0 Å². The third kappa shape index (κ3) is 4.58. The zero-order chi connectivity index (χ0) is 27.7. The van der Waals surface area contributed by atoms with Crippen LogP contribution in [0.5, 0.6) is 0 Å². The Labute approximate surface area is 230 Å². The molecule has 0 N–H and O–H groups in total. The summed E-state index contributed by atoms with van der Waals surface area (Å²) in [4.78, 5) is 28.9. The highest BCUT2D eigenvalue weighted by atomic mass is 35.5. The molecule has 1 saturated carbocycles. The summed E-state index contributed by atoms with van der Waals surface area (Å²) in [6.45, 7) is 1.45. The summed E-state index contributed by atoms with van der Waals surface area (Å²) >= 11 is 11.8. The molecular weight excluding hydrogens is 567 g/mol. The fraction of sp³-hybridized carbons (Fsp3) is 0.600. The Bertz CT molecular complexity index is 1310. The normalized spacial score (nSPS) is 26.1. The van der Waals surface area contributed by atoms with Crippen molar-refractivity contribution in [3.05, 3.63) is 45.6 Å². The van der Waals surface area contributed by atoms with Gasteiger partial charge in [-0.2, -0.15) is 8.78 Å². The van der Waals surface area contributed by atoms with E-state index in [-0.39, 0.29) is 53.9 Å². The minimum Gasteiger partial charge on any atom is -0.419 e. The predicted octanol–water partition coefficient (Wildman–Crippen LogP) is 4.35. The molecular formula is C25H24Cl2F4N4O4. The molecule has 1 unspecified atom stereocenters. The number of aromatic nitrogens is 2. The molecule has 0 radical (unpaired) electrons. The van der Waals surface area contributed by atoms with Crippen molar-refractivity contribution in [2.24, 2.45) is 17.3 Å². The lowest BCUT2D eigenvalue weighted by molar-refractivity contribution is -0.148. The second-order valence-corrected chi connectivity index (χ2v) is 11.7. The SMILES string of the molecule is O=C(C1CCOCC1)N1CC(c2nnc(C(F)(F)c3ccc(Cl)c(Cl)c3)o2)C2(C1)CN(C(=O)[C@H]1CC1(F)F)C2. The number of alkyl halides is 4. The first kappa shape index (κ1) is 26.8. The number of amides is 2. The number of benzene rings is 1. The van der Waals surface area contributed by atoms with Gasteiger partial charge in [0.2, 0.25) is 17.7 Å². The Kier molecular flexibility index (Phi) is 6.39. The number of carbonyl (C=O) groups excluding carboxylic acids is 2. The monoisotopic (exact) mass is 590 g/mol. The van der Waals surface area contributed by atoms with Crippen LogP contribution in [0.2, 0.25) is 10.0 Å². The molecule has 1 aromatic heterocycles. The minimum atomic E-state index is -3.68. The number of halogens is 6. The van der Waals surface area contributed by atoms with Crippen LogP contribution in [0, 0.1) is 17.3 Å². The lowest BCUT2D eigenvalue weighted by atomic mass is 9.71. The van der Waals surface area contributed by atoms with E-state index >= 15 is 8.78 Å². The van der Waals surface area contributed by atoms with E-state index in [4.69, 9.17) is 32.4 Å². The van der Waals surface area contributed by atoms with Crippen LogP contribution in [-0.2, 0) is 20.2 Å². The molecule has 3 aliphatic heterocycles. The Morgan fingerprint density at radius 2 is 1.67 bits per heavy atom. The highest BCUT2D eigenvalue weighted by Crippen LogP contribution is 2.54. The molecule has 1 aliphatic carbocycles. The van der Waals surface area contributed by atoms with Gasteiger partial charge in [0, 0.05) is 62.7 Å². The molecule has 6 rings (SSSR count). The summed E-state index contributed by atoms with van der Waals surface area (Å²) in [7, 11) is 0. The lowest BCUT2D eigenvalue weighted by Crippen LogP contribution is -2.62. The van der Waals surface area contributed by atoms with Gasteiger partial charge in [-0.3, -0.25) is 9.59 Å². The molecule has 210 valence electrons. The first-order chi connectivity index (χ1) is 18.4. The number of likely N-dealkylation sites (tertiary alicyclic amines) is 2. The number of ether oxygens (including phenoxy) is 1. The first-order valence-corrected chi connectivity index (χ1v) is 13.4. The standard InChI is InChI=1S/C25H24Cl2F4N4O4/c26-17-2-1-14(7-18(17)27)25(30,31)22-33-32-19(39-22)16-9-34(20(36)13-3-5-38-6-4-13)10-23(16)11-35(12-23)21(37)15-8-24(15,28)29/h1-2,7,13,15-16H,3-6,8-12H2/t15-,16?/m1/s1. The molecule has 39 heavy (non-hydrogen) atoms. The van der Waals surface area contributed by atoms with E-state index in [2.05, 4.69) is 10.2 Å². The molecule has 0 bridgehead atoms. The van der Waals surface area contributed by atoms with Crippen LogP contribution in [0.25, 0.3) is 0 Å². The quantitative estimate of drug-likeness (QED) is 0.481. The van der Waals surface area contributed by atoms with Crippen LogP contribution in [0.15, 0.2) is 22.6 Å². The second kappa shape index (κ2) is 9.31. The molecule has 1 aromatic carbocycles. The first-order valence-electron chi connectivity index (χ1n) is 12.6. The van der Waals surface area contributed by atoms with Gasteiger partial charge in [0.15, 0.2) is 0 Å². The lowest BCUT2D eigenvalue weighted by Gasteiger charge is -2.50. The predicted molar refractivity (Wildman–Crippen MR) is 129 cm³/mol. The van der Waals surface area contributed by atoms with Crippen LogP contribution < -0.4 is 0 Å². The highest BCUT2D eigenvalue weighted by Gasteiger charge is 2.66. The molecule has 3 saturated heterocycles. The van der Waals surface area contributed by atoms with Crippen LogP contribution in [-0.4, -0.2) is 77.1 Å². The molecule has 4 aliphatic rings.